The molecule has 1 aromatic heterocycles. The van der Waals surface area contributed by atoms with E-state index in [9.17, 15) is 4.79 Å². The highest BCUT2D eigenvalue weighted by molar-refractivity contribution is 5.92. The van der Waals surface area contributed by atoms with E-state index in [0.29, 0.717) is 18.1 Å². The monoisotopic (exact) mass is 307 g/mol. The average molecular weight is 307 g/mol. The molecule has 0 fully saturated rings. The van der Waals surface area contributed by atoms with E-state index < -0.39 is 0 Å². The maximum Gasteiger partial charge on any atom is 0.287 e. The molecule has 3 rings (SSSR count). The van der Waals surface area contributed by atoms with Crippen molar-refractivity contribution in [3.63, 3.8) is 0 Å². The summed E-state index contributed by atoms with van der Waals surface area (Å²) in [5.41, 5.74) is 1.94. The number of benzene rings is 2. The Morgan fingerprint density at radius 2 is 1.74 bits per heavy atom. The fourth-order valence-electron chi connectivity index (χ4n) is 2.23. The highest BCUT2D eigenvalue weighted by Crippen LogP contribution is 2.21. The van der Waals surface area contributed by atoms with Gasteiger partial charge >= 0.3 is 0 Å². The lowest BCUT2D eigenvalue weighted by Crippen LogP contribution is -2.22. The lowest BCUT2D eigenvalue weighted by atomic mass is 10.2. The first kappa shape index (κ1) is 14.9. The number of furan rings is 1. The average Bonchev–Trinajstić information content (AvgIpc) is 3.11. The largest absolute Gasteiger partial charge is 0.497 e. The number of ether oxygens (including phenoxy) is 1. The van der Waals surface area contributed by atoms with Gasteiger partial charge in [0.15, 0.2) is 5.76 Å². The molecule has 4 nitrogen and oxygen atoms in total. The molecule has 0 unspecified atom stereocenters. The number of rotatable bonds is 5. The summed E-state index contributed by atoms with van der Waals surface area (Å²) < 4.78 is 10.7. The topological polar surface area (TPSA) is 51.5 Å². The van der Waals surface area contributed by atoms with Gasteiger partial charge in [0.2, 0.25) is 0 Å². The summed E-state index contributed by atoms with van der Waals surface area (Å²) in [7, 11) is 1.62. The second-order valence-electron chi connectivity index (χ2n) is 5.06. The number of hydrogen-bond acceptors (Lipinski definition) is 3. The first-order chi connectivity index (χ1) is 11.3. The van der Waals surface area contributed by atoms with Crippen LogP contribution in [0.25, 0.3) is 11.3 Å². The van der Waals surface area contributed by atoms with E-state index in [-0.39, 0.29) is 5.91 Å². The SMILES string of the molecule is COc1ccc(CNC(=O)c2ccc(-c3ccccc3)o2)cc1. The number of methoxy groups -OCH3 is 1. The van der Waals surface area contributed by atoms with E-state index in [0.717, 1.165) is 16.9 Å². The predicted molar refractivity (Wildman–Crippen MR) is 88.3 cm³/mol. The van der Waals surface area contributed by atoms with Gasteiger partial charge in [0.25, 0.3) is 5.91 Å². The van der Waals surface area contributed by atoms with Crippen LogP contribution in [0.1, 0.15) is 16.1 Å². The number of amides is 1. The molecular weight excluding hydrogens is 290 g/mol. The van der Waals surface area contributed by atoms with E-state index in [1.165, 1.54) is 0 Å². The summed E-state index contributed by atoms with van der Waals surface area (Å²) in [5.74, 6) is 1.54. The van der Waals surface area contributed by atoms with Gasteiger partial charge in [-0.2, -0.15) is 0 Å². The van der Waals surface area contributed by atoms with Gasteiger partial charge in [-0.1, -0.05) is 42.5 Å². The van der Waals surface area contributed by atoms with E-state index in [1.807, 2.05) is 54.6 Å². The molecule has 23 heavy (non-hydrogen) atoms. The number of nitrogens with one attached hydrogen (secondary N) is 1. The molecule has 1 amide bonds. The van der Waals surface area contributed by atoms with Gasteiger partial charge < -0.3 is 14.5 Å². The molecule has 3 aromatic rings. The molecule has 0 aliphatic carbocycles. The van der Waals surface area contributed by atoms with Crippen molar-refractivity contribution in [2.45, 2.75) is 6.54 Å². The molecule has 4 heteroatoms. The molecule has 0 bridgehead atoms. The Morgan fingerprint density at radius 1 is 1.00 bits per heavy atom. The summed E-state index contributed by atoms with van der Waals surface area (Å²) in [6.07, 6.45) is 0. The van der Waals surface area contributed by atoms with Crippen molar-refractivity contribution in [2.24, 2.45) is 0 Å². The number of carbonyl (C=O) groups excluding carboxylic acids is 1. The smallest absolute Gasteiger partial charge is 0.287 e. The van der Waals surface area contributed by atoms with Crippen molar-refractivity contribution in [2.75, 3.05) is 7.11 Å². The van der Waals surface area contributed by atoms with Crippen molar-refractivity contribution < 1.29 is 13.9 Å². The molecule has 1 heterocycles. The Balaban J connectivity index is 1.63. The molecule has 0 aliphatic heterocycles. The fourth-order valence-corrected chi connectivity index (χ4v) is 2.23. The summed E-state index contributed by atoms with van der Waals surface area (Å²) in [5, 5.41) is 2.84. The van der Waals surface area contributed by atoms with Crippen LogP contribution in [0, 0.1) is 0 Å². The lowest BCUT2D eigenvalue weighted by Gasteiger charge is -2.05. The first-order valence-electron chi connectivity index (χ1n) is 7.32. The Morgan fingerprint density at radius 3 is 2.43 bits per heavy atom. The third-order valence-corrected chi connectivity index (χ3v) is 3.50. The zero-order valence-electron chi connectivity index (χ0n) is 12.8. The quantitative estimate of drug-likeness (QED) is 0.778. The maximum atomic E-state index is 12.2. The van der Waals surface area contributed by atoms with Crippen molar-refractivity contribution >= 4 is 5.91 Å². The normalized spacial score (nSPS) is 10.3. The predicted octanol–water partition coefficient (Wildman–Crippen LogP) is 3.89. The molecule has 116 valence electrons. The van der Waals surface area contributed by atoms with Crippen LogP contribution in [0.2, 0.25) is 0 Å². The van der Waals surface area contributed by atoms with E-state index in [1.54, 1.807) is 19.2 Å². The molecule has 2 aromatic carbocycles. The van der Waals surface area contributed by atoms with Crippen LogP contribution < -0.4 is 10.1 Å². The highest BCUT2D eigenvalue weighted by atomic mass is 16.5. The fraction of sp³-hybridized carbons (Fsp3) is 0.105. The van der Waals surface area contributed by atoms with E-state index >= 15 is 0 Å². The minimum Gasteiger partial charge on any atom is -0.497 e. The van der Waals surface area contributed by atoms with Gasteiger partial charge in [-0.25, -0.2) is 0 Å². The van der Waals surface area contributed by atoms with Crippen LogP contribution in [0.15, 0.2) is 71.1 Å². The van der Waals surface area contributed by atoms with E-state index in [4.69, 9.17) is 9.15 Å². The molecule has 1 N–H and O–H groups in total. The minimum atomic E-state index is -0.233. The Labute approximate surface area is 134 Å². The van der Waals surface area contributed by atoms with Gasteiger partial charge in [0.05, 0.1) is 7.11 Å². The summed E-state index contributed by atoms with van der Waals surface area (Å²) >= 11 is 0. The van der Waals surface area contributed by atoms with Crippen molar-refractivity contribution in [3.05, 3.63) is 78.1 Å². The zero-order chi connectivity index (χ0) is 16.1. The summed E-state index contributed by atoms with van der Waals surface area (Å²) in [6, 6.07) is 20.7. The Bertz CT molecular complexity index is 776. The summed E-state index contributed by atoms with van der Waals surface area (Å²) in [6.45, 7) is 0.435. The van der Waals surface area contributed by atoms with Gasteiger partial charge in [0, 0.05) is 12.1 Å². The maximum absolute atomic E-state index is 12.2. The summed E-state index contributed by atoms with van der Waals surface area (Å²) in [4.78, 5) is 12.2. The number of carbonyl (C=O) groups is 1. The highest BCUT2D eigenvalue weighted by Gasteiger charge is 2.11. The third kappa shape index (κ3) is 3.61. The Kier molecular flexibility index (Phi) is 4.43. The molecule has 0 saturated carbocycles. The third-order valence-electron chi connectivity index (χ3n) is 3.50. The Hall–Kier alpha value is -3.01. The van der Waals surface area contributed by atoms with Crippen molar-refractivity contribution in [1.82, 2.24) is 5.32 Å². The molecular formula is C19H17NO3. The van der Waals surface area contributed by atoms with Gasteiger partial charge in [-0.3, -0.25) is 4.79 Å². The van der Waals surface area contributed by atoms with Gasteiger partial charge in [-0.05, 0) is 29.8 Å². The van der Waals surface area contributed by atoms with Crippen LogP contribution in [0.3, 0.4) is 0 Å². The van der Waals surface area contributed by atoms with Crippen molar-refractivity contribution in [1.29, 1.82) is 0 Å². The zero-order valence-corrected chi connectivity index (χ0v) is 12.8. The van der Waals surface area contributed by atoms with Crippen LogP contribution in [0.4, 0.5) is 0 Å². The standard InChI is InChI=1S/C19H17NO3/c1-22-16-9-7-14(8-10-16)13-20-19(21)18-12-11-17(23-18)15-5-3-2-4-6-15/h2-12H,13H2,1H3,(H,20,21). The second-order valence-corrected chi connectivity index (χ2v) is 5.06. The van der Waals surface area contributed by atoms with Crippen LogP contribution in [0.5, 0.6) is 5.75 Å². The molecule has 0 radical (unpaired) electrons. The molecule has 0 spiro atoms. The van der Waals surface area contributed by atoms with Crippen LogP contribution in [-0.2, 0) is 6.54 Å². The minimum absolute atomic E-state index is 0.233. The van der Waals surface area contributed by atoms with Crippen molar-refractivity contribution in [3.8, 4) is 17.1 Å². The van der Waals surface area contributed by atoms with E-state index in [2.05, 4.69) is 5.32 Å². The van der Waals surface area contributed by atoms with Gasteiger partial charge in [0.1, 0.15) is 11.5 Å². The van der Waals surface area contributed by atoms with Gasteiger partial charge in [-0.15, -0.1) is 0 Å². The number of hydrogen-bond donors (Lipinski definition) is 1. The molecule has 0 atom stereocenters. The van der Waals surface area contributed by atoms with Crippen LogP contribution in [-0.4, -0.2) is 13.0 Å². The second kappa shape index (κ2) is 6.83. The molecule has 0 saturated heterocycles. The van der Waals surface area contributed by atoms with Crippen LogP contribution >= 0.6 is 0 Å². The molecule has 0 aliphatic rings. The first-order valence-corrected chi connectivity index (χ1v) is 7.32. The lowest BCUT2D eigenvalue weighted by molar-refractivity contribution is 0.0924.